The van der Waals surface area contributed by atoms with E-state index in [9.17, 15) is 26.4 Å². The fraction of sp³-hybridized carbons (Fsp3) is 0.917. The highest BCUT2D eigenvalue weighted by atomic mass is 32.2. The molecule has 122 valence electrons. The van der Waals surface area contributed by atoms with Crippen molar-refractivity contribution in [2.45, 2.75) is 43.9 Å². The summed E-state index contributed by atoms with van der Waals surface area (Å²) in [5.41, 5.74) is 0. The van der Waals surface area contributed by atoms with Crippen LogP contribution in [0.3, 0.4) is 0 Å². The van der Waals surface area contributed by atoms with Crippen molar-refractivity contribution in [2.24, 2.45) is 0 Å². The molecule has 0 unspecified atom stereocenters. The van der Waals surface area contributed by atoms with Gasteiger partial charge in [0.05, 0.1) is 17.5 Å². The van der Waals surface area contributed by atoms with Crippen LogP contribution in [0.4, 0.5) is 13.2 Å². The van der Waals surface area contributed by atoms with Crippen molar-refractivity contribution < 1.29 is 26.4 Å². The van der Waals surface area contributed by atoms with Crippen LogP contribution in [0.2, 0.25) is 0 Å². The standard InChI is InChI=1S/C12H19F3N2O3S/c13-12(14,15)6-11(18)16-9-7-21(19,20)8-10(9)17-4-2-1-3-5-17/h9-10H,1-8H2,(H,16,18)/t9-,10-/m0/s1. The monoisotopic (exact) mass is 328 g/mol. The first-order valence-corrected chi connectivity index (χ1v) is 8.79. The van der Waals surface area contributed by atoms with E-state index in [-0.39, 0.29) is 11.5 Å². The van der Waals surface area contributed by atoms with Gasteiger partial charge >= 0.3 is 6.18 Å². The van der Waals surface area contributed by atoms with Crippen molar-refractivity contribution in [3.05, 3.63) is 0 Å². The minimum Gasteiger partial charge on any atom is -0.350 e. The Morgan fingerprint density at radius 2 is 1.76 bits per heavy atom. The lowest BCUT2D eigenvalue weighted by molar-refractivity contribution is -0.154. The van der Waals surface area contributed by atoms with Gasteiger partial charge in [-0.05, 0) is 25.9 Å². The molecule has 2 aliphatic heterocycles. The van der Waals surface area contributed by atoms with Crippen LogP contribution in [0.15, 0.2) is 0 Å². The second kappa shape index (κ2) is 6.12. The Kier molecular flexibility index (Phi) is 4.82. The van der Waals surface area contributed by atoms with Crippen LogP contribution < -0.4 is 5.32 Å². The highest BCUT2D eigenvalue weighted by molar-refractivity contribution is 7.91. The highest BCUT2D eigenvalue weighted by Gasteiger charge is 2.43. The van der Waals surface area contributed by atoms with Gasteiger partial charge in [-0.2, -0.15) is 13.2 Å². The number of amides is 1. The largest absolute Gasteiger partial charge is 0.397 e. The summed E-state index contributed by atoms with van der Waals surface area (Å²) in [6, 6.07) is -1.16. The third-order valence-corrected chi connectivity index (χ3v) is 5.61. The van der Waals surface area contributed by atoms with Crippen LogP contribution in [-0.4, -0.2) is 62.1 Å². The topological polar surface area (TPSA) is 66.5 Å². The van der Waals surface area contributed by atoms with E-state index in [1.165, 1.54) is 0 Å². The van der Waals surface area contributed by atoms with Gasteiger partial charge in [0.1, 0.15) is 6.42 Å². The van der Waals surface area contributed by atoms with E-state index in [2.05, 4.69) is 5.32 Å². The Balaban J connectivity index is 2.02. The summed E-state index contributed by atoms with van der Waals surface area (Å²) >= 11 is 0. The minimum atomic E-state index is -4.58. The Labute approximate surface area is 121 Å². The van der Waals surface area contributed by atoms with Gasteiger partial charge in [0, 0.05) is 6.04 Å². The molecule has 2 aliphatic rings. The molecule has 2 rings (SSSR count). The summed E-state index contributed by atoms with van der Waals surface area (Å²) in [5.74, 6) is -1.53. The fourth-order valence-corrected chi connectivity index (χ4v) is 4.97. The van der Waals surface area contributed by atoms with Gasteiger partial charge in [-0.15, -0.1) is 0 Å². The number of piperidine rings is 1. The molecular weight excluding hydrogens is 309 g/mol. The number of nitrogens with zero attached hydrogens (tertiary/aromatic N) is 1. The Bertz CT molecular complexity index is 486. The van der Waals surface area contributed by atoms with Gasteiger partial charge in [0.25, 0.3) is 0 Å². The van der Waals surface area contributed by atoms with Crippen LogP contribution >= 0.6 is 0 Å². The number of hydrogen-bond donors (Lipinski definition) is 1. The number of halogens is 3. The second-order valence-electron chi connectivity index (χ2n) is 5.71. The molecule has 1 amide bonds. The van der Waals surface area contributed by atoms with Crippen molar-refractivity contribution in [1.82, 2.24) is 10.2 Å². The summed E-state index contributed by atoms with van der Waals surface area (Å²) in [7, 11) is -3.32. The van der Waals surface area contributed by atoms with Crippen LogP contribution in [-0.2, 0) is 14.6 Å². The lowest BCUT2D eigenvalue weighted by atomic mass is 10.0. The number of carbonyl (C=O) groups excluding carboxylic acids is 1. The maximum Gasteiger partial charge on any atom is 0.397 e. The van der Waals surface area contributed by atoms with E-state index in [1.807, 2.05) is 4.90 Å². The molecule has 2 atom stereocenters. The van der Waals surface area contributed by atoms with Gasteiger partial charge in [0.15, 0.2) is 9.84 Å². The first-order valence-electron chi connectivity index (χ1n) is 6.97. The number of nitrogens with one attached hydrogen (secondary N) is 1. The Morgan fingerprint density at radius 1 is 1.14 bits per heavy atom. The molecule has 0 aliphatic carbocycles. The van der Waals surface area contributed by atoms with E-state index in [4.69, 9.17) is 0 Å². The molecule has 9 heteroatoms. The van der Waals surface area contributed by atoms with E-state index >= 15 is 0 Å². The first-order chi connectivity index (χ1) is 9.66. The molecule has 21 heavy (non-hydrogen) atoms. The van der Waals surface area contributed by atoms with Crippen LogP contribution in [0.5, 0.6) is 0 Å². The summed E-state index contributed by atoms with van der Waals surface area (Å²) < 4.78 is 60.1. The van der Waals surface area contributed by atoms with E-state index in [0.717, 1.165) is 32.4 Å². The molecule has 1 N–H and O–H groups in total. The quantitative estimate of drug-likeness (QED) is 0.828. The molecule has 2 fully saturated rings. The number of hydrogen-bond acceptors (Lipinski definition) is 4. The minimum absolute atomic E-state index is 0.0933. The van der Waals surface area contributed by atoms with E-state index in [0.29, 0.717) is 0 Å². The molecule has 0 aromatic heterocycles. The van der Waals surface area contributed by atoms with Crippen molar-refractivity contribution >= 4 is 15.7 Å². The molecule has 0 saturated carbocycles. The molecule has 0 aromatic carbocycles. The summed E-state index contributed by atoms with van der Waals surface area (Å²) in [6.45, 7) is 1.46. The molecular formula is C12H19F3N2O3S. The molecule has 5 nitrogen and oxygen atoms in total. The second-order valence-corrected chi connectivity index (χ2v) is 7.86. The zero-order chi connectivity index (χ0) is 15.7. The number of rotatable bonds is 3. The SMILES string of the molecule is O=C(CC(F)(F)F)N[C@H]1CS(=O)(=O)C[C@@H]1N1CCCCC1. The fourth-order valence-electron chi connectivity index (χ4n) is 3.02. The van der Waals surface area contributed by atoms with Crippen molar-refractivity contribution in [3.63, 3.8) is 0 Å². The Hall–Kier alpha value is -0.830. The number of likely N-dealkylation sites (tertiary alicyclic amines) is 1. The zero-order valence-electron chi connectivity index (χ0n) is 11.5. The molecule has 0 aromatic rings. The number of carbonyl (C=O) groups is 1. The Morgan fingerprint density at radius 3 is 2.33 bits per heavy atom. The van der Waals surface area contributed by atoms with E-state index < -0.39 is 40.4 Å². The summed E-state index contributed by atoms with van der Waals surface area (Å²) in [5, 5.41) is 2.26. The van der Waals surface area contributed by atoms with Crippen molar-refractivity contribution in [2.75, 3.05) is 24.6 Å². The van der Waals surface area contributed by atoms with Gasteiger partial charge in [-0.25, -0.2) is 8.42 Å². The predicted molar refractivity (Wildman–Crippen MR) is 70.5 cm³/mol. The third-order valence-electron chi connectivity index (χ3n) is 3.89. The molecule has 2 heterocycles. The van der Waals surface area contributed by atoms with Crippen LogP contribution in [0, 0.1) is 0 Å². The molecule has 2 saturated heterocycles. The predicted octanol–water partition coefficient (Wildman–Crippen LogP) is 0.706. The normalized spacial score (nSPS) is 30.2. The first kappa shape index (κ1) is 16.5. The van der Waals surface area contributed by atoms with Crippen molar-refractivity contribution in [3.8, 4) is 0 Å². The molecule has 0 spiro atoms. The average molecular weight is 328 g/mol. The number of sulfone groups is 1. The lowest BCUT2D eigenvalue weighted by Crippen LogP contribution is -2.52. The summed E-state index contributed by atoms with van der Waals surface area (Å²) in [4.78, 5) is 13.4. The maximum absolute atomic E-state index is 12.2. The van der Waals surface area contributed by atoms with Gasteiger partial charge in [0.2, 0.25) is 5.91 Å². The van der Waals surface area contributed by atoms with E-state index in [1.54, 1.807) is 0 Å². The van der Waals surface area contributed by atoms with Crippen LogP contribution in [0.25, 0.3) is 0 Å². The van der Waals surface area contributed by atoms with Gasteiger partial charge < -0.3 is 5.32 Å². The molecule has 0 radical (unpaired) electrons. The molecule has 0 bridgehead atoms. The number of alkyl halides is 3. The lowest BCUT2D eigenvalue weighted by Gasteiger charge is -2.35. The highest BCUT2D eigenvalue weighted by Crippen LogP contribution is 2.24. The van der Waals surface area contributed by atoms with Crippen LogP contribution in [0.1, 0.15) is 25.7 Å². The van der Waals surface area contributed by atoms with Gasteiger partial charge in [-0.3, -0.25) is 9.69 Å². The maximum atomic E-state index is 12.2. The average Bonchev–Trinajstić information content (AvgIpc) is 2.63. The third kappa shape index (κ3) is 4.84. The summed E-state index contributed by atoms with van der Waals surface area (Å²) in [6.07, 6.45) is -3.20. The smallest absolute Gasteiger partial charge is 0.350 e. The van der Waals surface area contributed by atoms with Gasteiger partial charge in [-0.1, -0.05) is 6.42 Å². The van der Waals surface area contributed by atoms with Crippen molar-refractivity contribution in [1.29, 1.82) is 0 Å². The zero-order valence-corrected chi connectivity index (χ0v) is 12.3.